The van der Waals surface area contributed by atoms with E-state index in [0.717, 1.165) is 13.1 Å². The second-order valence-corrected chi connectivity index (χ2v) is 7.98. The van der Waals surface area contributed by atoms with Gasteiger partial charge in [0.05, 0.1) is 0 Å². The predicted octanol–water partition coefficient (Wildman–Crippen LogP) is 4.45. The van der Waals surface area contributed by atoms with Gasteiger partial charge in [-0.1, -0.05) is 60.7 Å². The van der Waals surface area contributed by atoms with Gasteiger partial charge >= 0.3 is 0 Å². The average molecular weight is 365 g/mol. The summed E-state index contributed by atoms with van der Waals surface area (Å²) < 4.78 is 0. The molecule has 0 aliphatic carbocycles. The molecule has 3 nitrogen and oxygen atoms in total. The lowest BCUT2D eigenvalue weighted by atomic mass is 9.88. The molecule has 1 aliphatic heterocycles. The Hall–Kier alpha value is -2.13. The maximum Gasteiger partial charge on any atom is 0.220 e. The summed E-state index contributed by atoms with van der Waals surface area (Å²) in [6, 6.07) is 21.3. The van der Waals surface area contributed by atoms with Crippen LogP contribution < -0.4 is 5.32 Å². The number of rotatable bonds is 7. The molecule has 2 aromatic carbocycles. The molecule has 3 heteroatoms. The number of nitrogens with zero attached hydrogens (tertiary/aromatic N) is 1. The van der Waals surface area contributed by atoms with Gasteiger partial charge in [0.25, 0.3) is 0 Å². The lowest BCUT2D eigenvalue weighted by Crippen LogP contribution is -2.43. The number of carbonyl (C=O) groups excluding carboxylic acids is 1. The Bertz CT molecular complexity index is 659. The van der Waals surface area contributed by atoms with Gasteiger partial charge in [-0.25, -0.2) is 0 Å². The lowest BCUT2D eigenvalue weighted by Gasteiger charge is -2.35. The van der Waals surface area contributed by atoms with Crippen molar-refractivity contribution in [3.8, 4) is 0 Å². The highest BCUT2D eigenvalue weighted by Crippen LogP contribution is 2.28. The van der Waals surface area contributed by atoms with Crippen molar-refractivity contribution in [2.24, 2.45) is 5.92 Å². The molecule has 0 aromatic heterocycles. The molecule has 1 fully saturated rings. The fourth-order valence-electron chi connectivity index (χ4n) is 4.05. The van der Waals surface area contributed by atoms with E-state index in [9.17, 15) is 4.79 Å². The van der Waals surface area contributed by atoms with E-state index in [1.165, 1.54) is 30.5 Å². The fraction of sp³-hybridized carbons (Fsp3) is 0.458. The van der Waals surface area contributed by atoms with Crippen LogP contribution in [0.3, 0.4) is 0 Å². The summed E-state index contributed by atoms with van der Waals surface area (Å²) >= 11 is 0. The van der Waals surface area contributed by atoms with Gasteiger partial charge in [-0.2, -0.15) is 0 Å². The monoisotopic (exact) mass is 364 g/mol. The first kappa shape index (κ1) is 19.6. The molecule has 1 heterocycles. The van der Waals surface area contributed by atoms with Crippen molar-refractivity contribution >= 4 is 5.91 Å². The van der Waals surface area contributed by atoms with Crippen LogP contribution in [-0.2, 0) is 4.79 Å². The van der Waals surface area contributed by atoms with Gasteiger partial charge in [-0.05, 0) is 50.3 Å². The largest absolute Gasteiger partial charge is 0.356 e. The first-order valence-corrected chi connectivity index (χ1v) is 10.2. The van der Waals surface area contributed by atoms with E-state index in [1.807, 2.05) is 36.4 Å². The topological polar surface area (TPSA) is 32.3 Å². The van der Waals surface area contributed by atoms with Gasteiger partial charge in [0.1, 0.15) is 0 Å². The van der Waals surface area contributed by atoms with E-state index in [4.69, 9.17) is 0 Å². The van der Waals surface area contributed by atoms with Gasteiger partial charge in [0.2, 0.25) is 5.91 Å². The fourth-order valence-corrected chi connectivity index (χ4v) is 4.05. The van der Waals surface area contributed by atoms with Crippen molar-refractivity contribution in [2.75, 3.05) is 19.6 Å². The van der Waals surface area contributed by atoms with Crippen LogP contribution in [0.15, 0.2) is 60.7 Å². The molecule has 3 rings (SSSR count). The quantitative estimate of drug-likeness (QED) is 0.787. The molecule has 1 aliphatic rings. The number of hydrogen-bond donors (Lipinski definition) is 1. The lowest BCUT2D eigenvalue weighted by molar-refractivity contribution is -0.121. The van der Waals surface area contributed by atoms with E-state index in [2.05, 4.69) is 48.3 Å². The summed E-state index contributed by atoms with van der Waals surface area (Å²) in [6.45, 7) is 7.58. The van der Waals surface area contributed by atoms with Gasteiger partial charge in [0.15, 0.2) is 0 Å². The highest BCUT2D eigenvalue weighted by molar-refractivity contribution is 5.77. The number of carbonyl (C=O) groups is 1. The first-order chi connectivity index (χ1) is 13.1. The number of hydrogen-bond acceptors (Lipinski definition) is 2. The van der Waals surface area contributed by atoms with E-state index in [1.54, 1.807) is 0 Å². The smallest absolute Gasteiger partial charge is 0.220 e. The third kappa shape index (κ3) is 5.67. The standard InChI is InChI=1S/C24H32N2O/c1-19(2)26-15-9-10-20(18-26)17-25-24(27)16-23(21-11-5-3-6-12-21)22-13-7-4-8-14-22/h3-8,11-14,19-20,23H,9-10,15-18H2,1-2H3,(H,25,27). The van der Waals surface area contributed by atoms with Crippen molar-refractivity contribution in [2.45, 2.75) is 45.1 Å². The third-order valence-electron chi connectivity index (χ3n) is 5.66. The van der Waals surface area contributed by atoms with Crippen molar-refractivity contribution in [1.29, 1.82) is 0 Å². The Labute approximate surface area is 163 Å². The average Bonchev–Trinajstić information content (AvgIpc) is 2.72. The Kier molecular flexibility index (Phi) is 7.05. The second kappa shape index (κ2) is 9.70. The predicted molar refractivity (Wildman–Crippen MR) is 112 cm³/mol. The van der Waals surface area contributed by atoms with E-state index < -0.39 is 0 Å². The minimum absolute atomic E-state index is 0.103. The summed E-state index contributed by atoms with van der Waals surface area (Å²) in [4.78, 5) is 15.3. The van der Waals surface area contributed by atoms with Gasteiger partial charge in [0, 0.05) is 31.5 Å². The summed E-state index contributed by atoms with van der Waals surface area (Å²) in [5, 5.41) is 3.22. The van der Waals surface area contributed by atoms with Gasteiger partial charge in [-0.3, -0.25) is 4.79 Å². The van der Waals surface area contributed by atoms with Gasteiger partial charge in [-0.15, -0.1) is 0 Å². The van der Waals surface area contributed by atoms with Crippen LogP contribution in [0.25, 0.3) is 0 Å². The molecule has 0 spiro atoms. The Morgan fingerprint density at radius 3 is 2.19 bits per heavy atom. The van der Waals surface area contributed by atoms with Crippen LogP contribution in [0.5, 0.6) is 0 Å². The molecule has 0 radical (unpaired) electrons. The second-order valence-electron chi connectivity index (χ2n) is 7.98. The van der Waals surface area contributed by atoms with Crippen LogP contribution in [0, 0.1) is 5.92 Å². The highest BCUT2D eigenvalue weighted by atomic mass is 16.1. The van der Waals surface area contributed by atoms with E-state index >= 15 is 0 Å². The number of piperidine rings is 1. The van der Waals surface area contributed by atoms with Crippen LogP contribution in [0.1, 0.15) is 50.2 Å². The maximum absolute atomic E-state index is 12.7. The van der Waals surface area contributed by atoms with E-state index in [-0.39, 0.29) is 11.8 Å². The number of likely N-dealkylation sites (tertiary alicyclic amines) is 1. The van der Waals surface area contributed by atoms with Crippen LogP contribution >= 0.6 is 0 Å². The minimum Gasteiger partial charge on any atom is -0.356 e. The normalized spacial score (nSPS) is 18.0. The van der Waals surface area contributed by atoms with Crippen molar-refractivity contribution < 1.29 is 4.79 Å². The maximum atomic E-state index is 12.7. The number of nitrogens with one attached hydrogen (secondary N) is 1. The third-order valence-corrected chi connectivity index (χ3v) is 5.66. The first-order valence-electron chi connectivity index (χ1n) is 10.2. The summed E-state index contributed by atoms with van der Waals surface area (Å²) in [5.41, 5.74) is 2.39. The summed E-state index contributed by atoms with van der Waals surface area (Å²) in [6.07, 6.45) is 2.94. The Balaban J connectivity index is 1.60. The molecular formula is C24H32N2O. The zero-order valence-corrected chi connectivity index (χ0v) is 16.6. The zero-order chi connectivity index (χ0) is 19.1. The number of amides is 1. The van der Waals surface area contributed by atoms with Gasteiger partial charge < -0.3 is 10.2 Å². The van der Waals surface area contributed by atoms with Crippen LogP contribution in [0.2, 0.25) is 0 Å². The molecule has 2 aromatic rings. The SMILES string of the molecule is CC(C)N1CCCC(CNC(=O)CC(c2ccccc2)c2ccccc2)C1. The summed E-state index contributed by atoms with van der Waals surface area (Å²) in [5.74, 6) is 0.817. The molecule has 144 valence electrons. The molecule has 27 heavy (non-hydrogen) atoms. The van der Waals surface area contributed by atoms with Crippen molar-refractivity contribution in [1.82, 2.24) is 10.2 Å². The summed E-state index contributed by atoms with van der Waals surface area (Å²) in [7, 11) is 0. The minimum atomic E-state index is 0.103. The van der Waals surface area contributed by atoms with Crippen LogP contribution in [0.4, 0.5) is 0 Å². The van der Waals surface area contributed by atoms with E-state index in [0.29, 0.717) is 18.4 Å². The molecule has 1 atom stereocenters. The molecule has 0 bridgehead atoms. The molecule has 1 saturated heterocycles. The van der Waals surface area contributed by atoms with Crippen molar-refractivity contribution in [3.63, 3.8) is 0 Å². The number of benzene rings is 2. The van der Waals surface area contributed by atoms with Crippen LogP contribution in [-0.4, -0.2) is 36.5 Å². The molecule has 1 unspecified atom stereocenters. The Morgan fingerprint density at radius 2 is 1.63 bits per heavy atom. The molecule has 1 amide bonds. The molecule has 0 saturated carbocycles. The van der Waals surface area contributed by atoms with Crippen molar-refractivity contribution in [3.05, 3.63) is 71.8 Å². The molecular weight excluding hydrogens is 332 g/mol. The Morgan fingerprint density at radius 1 is 1.04 bits per heavy atom. The highest BCUT2D eigenvalue weighted by Gasteiger charge is 2.23. The zero-order valence-electron chi connectivity index (χ0n) is 16.6. The molecule has 1 N–H and O–H groups in total.